The summed E-state index contributed by atoms with van der Waals surface area (Å²) in [6, 6.07) is 10.5. The number of aryl methyl sites for hydroxylation is 1. The number of nitrogens with zero attached hydrogens (tertiary/aromatic N) is 2. The van der Waals surface area contributed by atoms with Crippen LogP contribution in [-0.4, -0.2) is 16.1 Å². The predicted octanol–water partition coefficient (Wildman–Crippen LogP) is 2.48. The number of rotatable bonds is 6. The molecule has 0 unspecified atom stereocenters. The van der Waals surface area contributed by atoms with Crippen LogP contribution in [0.2, 0.25) is 0 Å². The Morgan fingerprint density at radius 2 is 2.00 bits per heavy atom. The molecule has 0 saturated carbocycles. The van der Waals surface area contributed by atoms with Crippen molar-refractivity contribution in [2.24, 2.45) is 0 Å². The van der Waals surface area contributed by atoms with Crippen LogP contribution in [-0.2, 0) is 13.1 Å². The van der Waals surface area contributed by atoms with Crippen LogP contribution >= 0.6 is 12.4 Å². The van der Waals surface area contributed by atoms with Gasteiger partial charge in [-0.3, -0.25) is 0 Å². The van der Waals surface area contributed by atoms with Gasteiger partial charge in [-0.25, -0.2) is 4.98 Å². The molecule has 2 rings (SSSR count). The molecule has 0 fully saturated rings. The molecule has 1 aromatic carbocycles. The lowest BCUT2D eigenvalue weighted by atomic mass is 10.2. The Morgan fingerprint density at radius 3 is 2.71 bits per heavy atom. The van der Waals surface area contributed by atoms with Crippen molar-refractivity contribution in [3.63, 3.8) is 0 Å². The molecular weight excluding hydrogens is 234 g/mol. The summed E-state index contributed by atoms with van der Waals surface area (Å²) in [6.07, 6.45) is 6.80. The average Bonchev–Trinajstić information content (AvgIpc) is 2.83. The van der Waals surface area contributed by atoms with E-state index in [9.17, 15) is 0 Å². The van der Waals surface area contributed by atoms with E-state index in [2.05, 4.69) is 39.1 Å². The van der Waals surface area contributed by atoms with Crippen molar-refractivity contribution < 1.29 is 0 Å². The van der Waals surface area contributed by atoms with E-state index in [1.54, 1.807) is 0 Å². The quantitative estimate of drug-likeness (QED) is 0.800. The maximum atomic E-state index is 4.01. The van der Waals surface area contributed by atoms with E-state index in [0.717, 1.165) is 26.1 Å². The Bertz CT molecular complexity index is 386. The number of hydrogen-bond donors (Lipinski definition) is 1. The van der Waals surface area contributed by atoms with Crippen LogP contribution in [0.3, 0.4) is 0 Å². The summed E-state index contributed by atoms with van der Waals surface area (Å²) in [4.78, 5) is 4.01. The largest absolute Gasteiger partial charge is 0.337 e. The Balaban J connectivity index is 0.00000144. The molecule has 0 radical (unpaired) electrons. The zero-order valence-corrected chi connectivity index (χ0v) is 10.6. The van der Waals surface area contributed by atoms with E-state index in [-0.39, 0.29) is 12.4 Å². The Morgan fingerprint density at radius 1 is 1.18 bits per heavy atom. The highest BCUT2D eigenvalue weighted by molar-refractivity contribution is 5.85. The highest BCUT2D eigenvalue weighted by Crippen LogP contribution is 1.97. The van der Waals surface area contributed by atoms with E-state index in [1.807, 2.05) is 24.8 Å². The molecule has 1 N–H and O–H groups in total. The van der Waals surface area contributed by atoms with Crippen molar-refractivity contribution in [2.45, 2.75) is 19.5 Å². The van der Waals surface area contributed by atoms with Gasteiger partial charge in [-0.15, -0.1) is 12.4 Å². The Kier molecular flexibility index (Phi) is 6.37. The van der Waals surface area contributed by atoms with Crippen molar-refractivity contribution in [2.75, 3.05) is 6.54 Å². The molecule has 0 atom stereocenters. The third-order valence-electron chi connectivity index (χ3n) is 2.50. The molecule has 0 amide bonds. The number of nitrogens with one attached hydrogen (secondary N) is 1. The van der Waals surface area contributed by atoms with Crippen LogP contribution in [0.25, 0.3) is 0 Å². The topological polar surface area (TPSA) is 29.9 Å². The summed E-state index contributed by atoms with van der Waals surface area (Å²) in [5, 5.41) is 3.43. The molecule has 0 aliphatic carbocycles. The first-order chi connectivity index (χ1) is 7.95. The minimum absolute atomic E-state index is 0. The molecule has 92 valence electrons. The van der Waals surface area contributed by atoms with Crippen LogP contribution in [0.15, 0.2) is 49.1 Å². The lowest BCUT2D eigenvalue weighted by molar-refractivity contribution is 0.581. The minimum Gasteiger partial charge on any atom is -0.337 e. The Hall–Kier alpha value is -1.32. The molecule has 4 heteroatoms. The molecule has 0 saturated heterocycles. The number of benzene rings is 1. The third kappa shape index (κ3) is 5.02. The summed E-state index contributed by atoms with van der Waals surface area (Å²) in [7, 11) is 0. The van der Waals surface area contributed by atoms with Gasteiger partial charge in [0.15, 0.2) is 0 Å². The van der Waals surface area contributed by atoms with Crippen molar-refractivity contribution in [3.05, 3.63) is 54.6 Å². The average molecular weight is 252 g/mol. The predicted molar refractivity (Wildman–Crippen MR) is 72.2 cm³/mol. The fraction of sp³-hybridized carbons (Fsp3) is 0.308. The smallest absolute Gasteiger partial charge is 0.0945 e. The normalized spacial score (nSPS) is 9.88. The molecule has 1 aromatic heterocycles. The molecule has 3 nitrogen and oxygen atoms in total. The third-order valence-corrected chi connectivity index (χ3v) is 2.50. The van der Waals surface area contributed by atoms with Gasteiger partial charge in [0.05, 0.1) is 6.33 Å². The van der Waals surface area contributed by atoms with Gasteiger partial charge in [-0.2, -0.15) is 0 Å². The lowest BCUT2D eigenvalue weighted by Crippen LogP contribution is -2.16. The fourth-order valence-electron chi connectivity index (χ4n) is 1.63. The molecular formula is C13H18ClN3. The number of halogens is 1. The SMILES string of the molecule is Cl.c1ccc(CNCCCn2ccnc2)cc1. The highest BCUT2D eigenvalue weighted by atomic mass is 35.5. The summed E-state index contributed by atoms with van der Waals surface area (Å²) >= 11 is 0. The summed E-state index contributed by atoms with van der Waals surface area (Å²) in [5.74, 6) is 0. The standard InChI is InChI=1S/C13H17N3.ClH/c1-2-5-13(6-3-1)11-14-7-4-9-16-10-8-15-12-16;/h1-3,5-6,8,10,12,14H,4,7,9,11H2;1H. The van der Waals surface area contributed by atoms with Gasteiger partial charge in [-0.05, 0) is 18.5 Å². The van der Waals surface area contributed by atoms with Gasteiger partial charge < -0.3 is 9.88 Å². The zero-order chi connectivity index (χ0) is 11.1. The van der Waals surface area contributed by atoms with Gasteiger partial charge in [0, 0.05) is 25.5 Å². The monoisotopic (exact) mass is 251 g/mol. The van der Waals surface area contributed by atoms with Gasteiger partial charge in [0.1, 0.15) is 0 Å². The Labute approximate surface area is 108 Å². The van der Waals surface area contributed by atoms with Crippen molar-refractivity contribution >= 4 is 12.4 Å². The molecule has 0 spiro atoms. The van der Waals surface area contributed by atoms with E-state index in [4.69, 9.17) is 0 Å². The number of imidazole rings is 1. The summed E-state index contributed by atoms with van der Waals surface area (Å²) < 4.78 is 2.10. The minimum atomic E-state index is 0. The van der Waals surface area contributed by atoms with Crippen LogP contribution in [0.5, 0.6) is 0 Å². The van der Waals surface area contributed by atoms with Gasteiger partial charge in [0.2, 0.25) is 0 Å². The second-order valence-corrected chi connectivity index (χ2v) is 3.82. The molecule has 1 heterocycles. The van der Waals surface area contributed by atoms with Crippen molar-refractivity contribution in [1.29, 1.82) is 0 Å². The van der Waals surface area contributed by atoms with Crippen LogP contribution in [0.4, 0.5) is 0 Å². The van der Waals surface area contributed by atoms with E-state index in [0.29, 0.717) is 0 Å². The van der Waals surface area contributed by atoms with Crippen LogP contribution in [0.1, 0.15) is 12.0 Å². The maximum absolute atomic E-state index is 4.01. The van der Waals surface area contributed by atoms with Gasteiger partial charge in [-0.1, -0.05) is 30.3 Å². The summed E-state index contributed by atoms with van der Waals surface area (Å²) in [5.41, 5.74) is 1.34. The number of hydrogen-bond acceptors (Lipinski definition) is 2. The molecule has 0 bridgehead atoms. The second-order valence-electron chi connectivity index (χ2n) is 3.82. The van der Waals surface area contributed by atoms with Crippen molar-refractivity contribution in [3.8, 4) is 0 Å². The molecule has 0 aliphatic rings. The highest BCUT2D eigenvalue weighted by Gasteiger charge is 1.92. The van der Waals surface area contributed by atoms with Gasteiger partial charge in [0.25, 0.3) is 0 Å². The number of aromatic nitrogens is 2. The maximum Gasteiger partial charge on any atom is 0.0945 e. The van der Waals surface area contributed by atoms with E-state index in [1.165, 1.54) is 5.56 Å². The second kappa shape index (κ2) is 7.87. The summed E-state index contributed by atoms with van der Waals surface area (Å²) in [6.45, 7) is 3.01. The van der Waals surface area contributed by atoms with Crippen LogP contribution in [0, 0.1) is 0 Å². The molecule has 0 aliphatic heterocycles. The van der Waals surface area contributed by atoms with Crippen LogP contribution < -0.4 is 5.32 Å². The fourth-order valence-corrected chi connectivity index (χ4v) is 1.63. The zero-order valence-electron chi connectivity index (χ0n) is 9.75. The van der Waals surface area contributed by atoms with Crippen molar-refractivity contribution in [1.82, 2.24) is 14.9 Å². The van der Waals surface area contributed by atoms with E-state index >= 15 is 0 Å². The molecule has 2 aromatic rings. The van der Waals surface area contributed by atoms with E-state index < -0.39 is 0 Å². The lowest BCUT2D eigenvalue weighted by Gasteiger charge is -2.05. The molecule has 17 heavy (non-hydrogen) atoms. The first-order valence-corrected chi connectivity index (χ1v) is 5.65. The van der Waals surface area contributed by atoms with Gasteiger partial charge >= 0.3 is 0 Å². The first-order valence-electron chi connectivity index (χ1n) is 5.65. The first kappa shape index (κ1) is 13.7.